The summed E-state index contributed by atoms with van der Waals surface area (Å²) in [7, 11) is 19.1. The van der Waals surface area contributed by atoms with Gasteiger partial charge in [0.15, 0.2) is 11.6 Å². The van der Waals surface area contributed by atoms with Crippen molar-refractivity contribution in [2.75, 3.05) is 204 Å². The SMILES string of the molecule is C=C(C)C(=O)CCCOC.C=C(C)C(=O)OC(C)COC.C=C(C)C(=O)OCC(C)OC.C=C(C)C(=O)OCCCCOC.C=C(C)C(=O)OCCCOC.C=C(C)C(=O)OCCOC.C=CC(=O)CCCOC.C=CC(=O)OC(C)COC.C=CC(=O)OCC(C)OC.C=CC(=O)OCCCCOC.C=CC(=O)OCCCOC.C=CC(=O)OCCOC. The fourth-order valence-electron chi connectivity index (χ4n) is 5.63. The van der Waals surface area contributed by atoms with Gasteiger partial charge in [0.2, 0.25) is 0 Å². The largest absolute Gasteiger partial charge is 0.463 e. The van der Waals surface area contributed by atoms with Crippen molar-refractivity contribution in [2.24, 2.45) is 0 Å². The van der Waals surface area contributed by atoms with Crippen LogP contribution in [0.2, 0.25) is 0 Å². The maximum Gasteiger partial charge on any atom is 0.333 e. The number of esters is 10. The molecule has 0 rings (SSSR count). The van der Waals surface area contributed by atoms with Crippen molar-refractivity contribution in [3.05, 3.63) is 149 Å². The van der Waals surface area contributed by atoms with Gasteiger partial charge >= 0.3 is 59.7 Å². The van der Waals surface area contributed by atoms with Crippen LogP contribution in [0.4, 0.5) is 0 Å². The lowest BCUT2D eigenvalue weighted by molar-refractivity contribution is -0.146. The molecule has 720 valence electrons. The fraction of sp³-hybridized carbons (Fsp3) is 0.600. The molecule has 34 nitrogen and oxygen atoms in total. The molecule has 0 amide bonds. The smallest absolute Gasteiger partial charge is 0.333 e. The van der Waals surface area contributed by atoms with Crippen molar-refractivity contribution in [3.8, 4) is 0 Å². The van der Waals surface area contributed by atoms with E-state index >= 15 is 0 Å². The van der Waals surface area contributed by atoms with Crippen LogP contribution in [0.1, 0.15) is 133 Å². The van der Waals surface area contributed by atoms with Crippen molar-refractivity contribution < 1.29 is 162 Å². The minimum absolute atomic E-state index is 0.0519. The van der Waals surface area contributed by atoms with Gasteiger partial charge in [0.25, 0.3) is 0 Å². The summed E-state index contributed by atoms with van der Waals surface area (Å²) in [5.74, 6) is -3.49. The van der Waals surface area contributed by atoms with Crippen LogP contribution in [-0.2, 0) is 162 Å². The molecule has 0 aliphatic rings. The Bertz CT molecular complexity index is 2800. The van der Waals surface area contributed by atoms with E-state index in [0.29, 0.717) is 152 Å². The Kier molecular flexibility index (Phi) is 128. The maximum atomic E-state index is 10.9. The van der Waals surface area contributed by atoms with E-state index in [1.807, 2.05) is 13.8 Å². The molecular weight excluding hydrogens is 1620 g/mol. The first kappa shape index (κ1) is 140. The van der Waals surface area contributed by atoms with E-state index in [1.54, 1.807) is 141 Å². The molecule has 0 aliphatic carbocycles. The predicted molar refractivity (Wildman–Crippen MR) is 477 cm³/mol. The lowest BCUT2D eigenvalue weighted by atomic mass is 10.1. The molecule has 0 saturated carbocycles. The third-order valence-corrected chi connectivity index (χ3v) is 12.4. The van der Waals surface area contributed by atoms with Crippen molar-refractivity contribution in [3.63, 3.8) is 0 Å². The van der Waals surface area contributed by atoms with Crippen LogP contribution >= 0.6 is 0 Å². The second-order valence-corrected chi connectivity index (χ2v) is 24.7. The number of Topliss-reactive ketones (excluding diaryl/α,β-unsaturated/α-hetero) is 1. The molecule has 0 fully saturated rings. The average Bonchev–Trinajstić information content (AvgIpc) is 0.973. The molecule has 0 saturated heterocycles. The number of carbonyl (C=O) groups is 12. The van der Waals surface area contributed by atoms with Crippen molar-refractivity contribution in [2.45, 2.75) is 158 Å². The molecule has 0 radical (unpaired) electrons. The molecule has 4 unspecified atom stereocenters. The predicted octanol–water partition coefficient (Wildman–Crippen LogP) is 12.2. The molecule has 0 aliphatic heterocycles. The summed E-state index contributed by atoms with van der Waals surface area (Å²) in [6.07, 6.45) is 14.2. The number of hydrogen-bond donors (Lipinski definition) is 0. The number of unbranched alkanes of at least 4 members (excludes halogenated alkanes) is 2. The Labute approximate surface area is 740 Å². The lowest BCUT2D eigenvalue weighted by Gasteiger charge is -2.11. The highest BCUT2D eigenvalue weighted by Crippen LogP contribution is 2.03. The van der Waals surface area contributed by atoms with E-state index < -0.39 is 17.9 Å². The molecule has 0 aromatic carbocycles. The number of ketones is 2. The summed E-state index contributed by atoms with van der Waals surface area (Å²) in [5, 5.41) is 0. The number of ether oxygens (including phenoxy) is 22. The van der Waals surface area contributed by atoms with Gasteiger partial charge in [0, 0.05) is 209 Å². The van der Waals surface area contributed by atoms with Crippen LogP contribution in [0.5, 0.6) is 0 Å². The number of carbonyl (C=O) groups excluding carboxylic acids is 12. The van der Waals surface area contributed by atoms with Gasteiger partial charge in [-0.25, -0.2) is 47.9 Å². The number of methoxy groups -OCH3 is 12. The normalized spacial score (nSPS) is 10.2. The molecule has 4 atom stereocenters. The molecule has 124 heavy (non-hydrogen) atoms. The van der Waals surface area contributed by atoms with Gasteiger partial charge in [0.05, 0.1) is 65.1 Å². The minimum Gasteiger partial charge on any atom is -0.463 e. The van der Waals surface area contributed by atoms with Crippen molar-refractivity contribution in [1.82, 2.24) is 0 Å². The van der Waals surface area contributed by atoms with Crippen molar-refractivity contribution in [1.29, 1.82) is 0 Å². The topological polar surface area (TPSA) is 408 Å². The Morgan fingerprint density at radius 2 is 0.492 bits per heavy atom. The average molecular weight is 1780 g/mol. The zero-order chi connectivity index (χ0) is 98.3. The molecule has 0 heterocycles. The number of rotatable bonds is 56. The highest BCUT2D eigenvalue weighted by atomic mass is 16.6. The Balaban J connectivity index is -0.000000110. The molecule has 0 bridgehead atoms. The van der Waals surface area contributed by atoms with Crippen LogP contribution in [0.3, 0.4) is 0 Å². The van der Waals surface area contributed by atoms with Crippen LogP contribution in [0.25, 0.3) is 0 Å². The highest BCUT2D eigenvalue weighted by Gasteiger charge is 2.11. The molecular formula is C90H156O34. The zero-order valence-corrected chi connectivity index (χ0v) is 78.9. The van der Waals surface area contributed by atoms with Crippen LogP contribution in [0.15, 0.2) is 149 Å². The zero-order valence-electron chi connectivity index (χ0n) is 78.9. The van der Waals surface area contributed by atoms with E-state index in [-0.39, 0.29) is 91.0 Å². The van der Waals surface area contributed by atoms with Gasteiger partial charge in [0.1, 0.15) is 38.6 Å². The highest BCUT2D eigenvalue weighted by molar-refractivity contribution is 5.94. The van der Waals surface area contributed by atoms with Gasteiger partial charge in [-0.05, 0) is 119 Å². The van der Waals surface area contributed by atoms with Crippen LogP contribution in [0, 0.1) is 0 Å². The monoisotopic (exact) mass is 1780 g/mol. The first-order valence-corrected chi connectivity index (χ1v) is 39.0. The summed E-state index contributed by atoms with van der Waals surface area (Å²) in [6, 6.07) is 0. The summed E-state index contributed by atoms with van der Waals surface area (Å²) >= 11 is 0. The van der Waals surface area contributed by atoms with E-state index in [2.05, 4.69) is 107 Å². The Hall–Kier alpha value is -9.56. The summed E-state index contributed by atoms with van der Waals surface area (Å²) in [4.78, 5) is 127. The minimum atomic E-state index is -0.413. The van der Waals surface area contributed by atoms with E-state index in [0.717, 1.165) is 81.7 Å². The molecule has 0 spiro atoms. The fourth-order valence-corrected chi connectivity index (χ4v) is 5.63. The lowest BCUT2D eigenvalue weighted by Crippen LogP contribution is -2.19. The molecule has 0 aromatic heterocycles. The molecule has 0 N–H and O–H groups in total. The number of hydrogen-bond acceptors (Lipinski definition) is 34. The van der Waals surface area contributed by atoms with Gasteiger partial charge < -0.3 is 104 Å². The number of allylic oxidation sites excluding steroid dienone is 2. The second kappa shape index (κ2) is 113. The van der Waals surface area contributed by atoms with Crippen LogP contribution < -0.4 is 0 Å². The van der Waals surface area contributed by atoms with Crippen molar-refractivity contribution >= 4 is 71.3 Å². The summed E-state index contributed by atoms with van der Waals surface area (Å²) in [6.45, 7) is 65.9. The van der Waals surface area contributed by atoms with E-state index in [4.69, 9.17) is 75.8 Å². The quantitative estimate of drug-likeness (QED) is 0.0236. The second-order valence-electron chi connectivity index (χ2n) is 24.7. The first-order valence-electron chi connectivity index (χ1n) is 39.0. The summed E-state index contributed by atoms with van der Waals surface area (Å²) < 4.78 is 105. The molecule has 0 aromatic rings. The standard InChI is InChI=1S/C9H16O3.4C8H14O3.C8H14O2.4C7H12O3.C7H12O2.C6H10O3/c1-8(2)9(10)12-7-5-4-6-11-3;1-6(2)8(9)11-5-7(3)10-4;1-6(2)8(9)11-7(3)5-10-4;1-7(2)8(9)11-6-4-5-10-3;1-3-8(9)11-7-5-4-6-10-2;1-7(2)8(9)5-4-6-10-3;1-6(2)7(8)10-5-4-9-3;1-4-7(8)10-5-6(2)9-3;1-4-7(8)10-6(2)5-9-3;1-3-7(8)10-6-4-5-9-2;1-3-7(8)5-4-6-9-2;1-3-6(7)9-5-4-8-2/h1,4-7H2,2-3H3;2*7H,1,5H2,2-4H3;1,4-6H2,2-3H3;3H,1,4-7H2,2H3;1,4-6H2,2-3H3;1,4-5H2,2-3H3;2*4,6H,1,5H2,2-3H3;3H,1,4-6H2,2H3;3H,1,4-6H2,2H3;3H,1,4-5H2,2H3. The van der Waals surface area contributed by atoms with Crippen LogP contribution in [-0.4, -0.2) is 300 Å². The van der Waals surface area contributed by atoms with E-state index in [9.17, 15) is 57.5 Å². The third kappa shape index (κ3) is 138. The van der Waals surface area contributed by atoms with Gasteiger partial charge in [-0.15, -0.1) is 0 Å². The van der Waals surface area contributed by atoms with Gasteiger partial charge in [-0.2, -0.15) is 0 Å². The van der Waals surface area contributed by atoms with E-state index in [1.165, 1.54) is 6.08 Å². The summed E-state index contributed by atoms with van der Waals surface area (Å²) in [5.41, 5.74) is 2.75. The third-order valence-electron chi connectivity index (χ3n) is 12.4. The Morgan fingerprint density at radius 1 is 0.234 bits per heavy atom. The Morgan fingerprint density at radius 3 is 0.806 bits per heavy atom. The molecule has 34 heteroatoms. The van der Waals surface area contributed by atoms with Gasteiger partial charge in [-0.1, -0.05) is 78.9 Å². The maximum absolute atomic E-state index is 10.9. The first-order chi connectivity index (χ1) is 58.5. The van der Waals surface area contributed by atoms with Gasteiger partial charge in [-0.3, -0.25) is 9.59 Å².